The van der Waals surface area contributed by atoms with Crippen LogP contribution in [0.15, 0.2) is 0 Å². The van der Waals surface area contributed by atoms with E-state index in [0.29, 0.717) is 13.2 Å². The van der Waals surface area contributed by atoms with Gasteiger partial charge in [-0.1, -0.05) is 13.8 Å². The van der Waals surface area contributed by atoms with Crippen molar-refractivity contribution in [2.24, 2.45) is 0 Å². The quantitative estimate of drug-likeness (QED) is 0.455. The zero-order valence-electron chi connectivity index (χ0n) is 10.6. The number of carbonyl (C=O) groups excluding carboxylic acids is 2. The zero-order chi connectivity index (χ0) is 12.7. The van der Waals surface area contributed by atoms with E-state index < -0.39 is 0 Å². The summed E-state index contributed by atoms with van der Waals surface area (Å²) in [7, 11) is 0. The number of hydrogen-bond acceptors (Lipinski definition) is 4. The van der Waals surface area contributed by atoms with Crippen LogP contribution in [0.3, 0.4) is 0 Å². The molecule has 96 valence electrons. The van der Waals surface area contributed by atoms with Gasteiger partial charge >= 0.3 is 0 Å². The van der Waals surface area contributed by atoms with E-state index in [0.717, 1.165) is 19.3 Å². The minimum atomic E-state index is -0.187. The van der Waals surface area contributed by atoms with Crippen molar-refractivity contribution in [3.05, 3.63) is 6.42 Å². The molecule has 0 aromatic rings. The van der Waals surface area contributed by atoms with E-state index in [9.17, 15) is 9.59 Å². The predicted octanol–water partition coefficient (Wildman–Crippen LogP) is 1.14. The van der Waals surface area contributed by atoms with E-state index in [-0.39, 0.29) is 33.3 Å². The van der Waals surface area contributed by atoms with Gasteiger partial charge in [-0.25, -0.2) is 0 Å². The molecule has 0 aromatic heterocycles. The summed E-state index contributed by atoms with van der Waals surface area (Å²) in [5.41, 5.74) is 0. The van der Waals surface area contributed by atoms with Crippen molar-refractivity contribution in [1.82, 2.24) is 0 Å². The molecule has 0 rings (SSSR count). The topological polar surface area (TPSA) is 74.6 Å². The Morgan fingerprint density at radius 3 is 1.12 bits per heavy atom. The van der Waals surface area contributed by atoms with Gasteiger partial charge in [0.05, 0.1) is 0 Å². The fourth-order valence-corrected chi connectivity index (χ4v) is 0.286. The number of ketones is 2. The molecule has 0 unspecified atom stereocenters. The van der Waals surface area contributed by atoms with Gasteiger partial charge in [0.15, 0.2) is 0 Å². The van der Waals surface area contributed by atoms with Gasteiger partial charge in [-0.05, 0) is 26.7 Å². The third kappa shape index (κ3) is 66.9. The number of aliphatic hydroxyl groups is 2. The van der Waals surface area contributed by atoms with Crippen molar-refractivity contribution in [1.29, 1.82) is 0 Å². The number of rotatable bonds is 4. The van der Waals surface area contributed by atoms with Crippen LogP contribution in [0.5, 0.6) is 0 Å². The molecule has 4 nitrogen and oxygen atoms in total. The fraction of sp³-hybridized carbons (Fsp3) is 0.727. The molecule has 0 spiro atoms. The summed E-state index contributed by atoms with van der Waals surface area (Å²) in [5, 5.41) is 15.8. The molecule has 0 aliphatic heterocycles. The Balaban J connectivity index is -0.0000000700. The predicted molar refractivity (Wildman–Crippen MR) is 60.4 cm³/mol. The van der Waals surface area contributed by atoms with E-state index >= 15 is 0 Å². The smallest absolute Gasteiger partial charge is 0.0428 e. The largest absolute Gasteiger partial charge is 0.396 e. The first-order chi connectivity index (χ1) is 6.95. The standard InChI is InChI=1S/C5H7O2.2C3H8O.Ti/c1-4(6)3-5(2)7;2*1-2-3-4;/h3H,1-2H3;2*4H,2-3H2,1H3;/q-1;;;. The van der Waals surface area contributed by atoms with E-state index in [2.05, 4.69) is 0 Å². The Morgan fingerprint density at radius 2 is 1.12 bits per heavy atom. The van der Waals surface area contributed by atoms with Crippen LogP contribution in [0.4, 0.5) is 0 Å². The van der Waals surface area contributed by atoms with Crippen LogP contribution in [-0.4, -0.2) is 35.0 Å². The average molecular weight is 267 g/mol. The van der Waals surface area contributed by atoms with Gasteiger partial charge in [0.1, 0.15) is 0 Å². The van der Waals surface area contributed by atoms with Crippen molar-refractivity contribution in [2.45, 2.75) is 40.5 Å². The first-order valence-corrected chi connectivity index (χ1v) is 5.03. The number of carbonyl (C=O) groups is 2. The summed E-state index contributed by atoms with van der Waals surface area (Å²) in [6.45, 7) is 7.20. The summed E-state index contributed by atoms with van der Waals surface area (Å²) in [6.07, 6.45) is 2.81. The van der Waals surface area contributed by atoms with E-state index in [1.807, 2.05) is 13.8 Å². The Bertz CT molecular complexity index is 129. The van der Waals surface area contributed by atoms with Crippen LogP contribution in [0, 0.1) is 6.42 Å². The van der Waals surface area contributed by atoms with Gasteiger partial charge in [-0.3, -0.25) is 6.42 Å². The second-order valence-corrected chi connectivity index (χ2v) is 2.81. The van der Waals surface area contributed by atoms with Crippen molar-refractivity contribution in [3.63, 3.8) is 0 Å². The number of Topliss-reactive ketones (excluding diaryl/α,β-unsaturated/α-hetero) is 2. The molecule has 0 aliphatic rings. The SMILES string of the molecule is CC(=O)[CH-]C(C)=O.CCCO.CCCO.[Ti]. The Morgan fingerprint density at radius 1 is 0.938 bits per heavy atom. The minimum Gasteiger partial charge on any atom is -0.396 e. The molecule has 2 N–H and O–H groups in total. The molecule has 0 bridgehead atoms. The van der Waals surface area contributed by atoms with Gasteiger partial charge in [0.25, 0.3) is 0 Å². The van der Waals surface area contributed by atoms with E-state index in [1.165, 1.54) is 13.8 Å². The Hall–Kier alpha value is -0.156. The van der Waals surface area contributed by atoms with Crippen molar-refractivity contribution >= 4 is 11.6 Å². The number of aliphatic hydroxyl groups excluding tert-OH is 2. The summed E-state index contributed by atoms with van der Waals surface area (Å²) >= 11 is 0. The van der Waals surface area contributed by atoms with Crippen molar-refractivity contribution < 1.29 is 41.5 Å². The monoisotopic (exact) mass is 267 g/mol. The van der Waals surface area contributed by atoms with Crippen molar-refractivity contribution in [2.75, 3.05) is 13.2 Å². The summed E-state index contributed by atoms with van der Waals surface area (Å²) < 4.78 is 0. The zero-order valence-corrected chi connectivity index (χ0v) is 12.2. The molecule has 0 heterocycles. The molecule has 0 atom stereocenters. The second kappa shape index (κ2) is 24.2. The van der Waals surface area contributed by atoms with Gasteiger partial charge in [-0.15, -0.1) is 0 Å². The normalized spacial score (nSPS) is 7.12. The maximum Gasteiger partial charge on any atom is 0.0428 e. The maximum absolute atomic E-state index is 9.98. The molecule has 0 aliphatic carbocycles. The van der Waals surface area contributed by atoms with Crippen LogP contribution in [0.2, 0.25) is 0 Å². The summed E-state index contributed by atoms with van der Waals surface area (Å²) in [4.78, 5) is 20.0. The molecule has 0 saturated heterocycles. The molecule has 0 radical (unpaired) electrons. The van der Waals surface area contributed by atoms with Gasteiger partial charge in [0, 0.05) is 46.5 Å². The molecule has 0 saturated carbocycles. The summed E-state index contributed by atoms with van der Waals surface area (Å²) in [5.74, 6) is -0.375. The Kier molecular flexibility index (Phi) is 37.6. The van der Waals surface area contributed by atoms with Gasteiger partial charge in [-0.2, -0.15) is 0 Å². The molecule has 0 aromatic carbocycles. The number of hydrogen-bond donors (Lipinski definition) is 2. The maximum atomic E-state index is 9.98. The Labute approximate surface area is 113 Å². The fourth-order valence-electron chi connectivity index (χ4n) is 0.286. The minimum absolute atomic E-state index is 0. The molecule has 0 fully saturated rings. The van der Waals surface area contributed by atoms with Crippen molar-refractivity contribution in [3.8, 4) is 0 Å². The molecule has 5 heteroatoms. The van der Waals surface area contributed by atoms with E-state index in [1.54, 1.807) is 0 Å². The third-order valence-corrected chi connectivity index (χ3v) is 0.854. The van der Waals surface area contributed by atoms with Crippen LogP contribution < -0.4 is 0 Å². The third-order valence-electron chi connectivity index (χ3n) is 0.854. The molecule has 16 heavy (non-hydrogen) atoms. The second-order valence-electron chi connectivity index (χ2n) is 2.81. The van der Waals surface area contributed by atoms with Crippen LogP contribution in [0.25, 0.3) is 0 Å². The first-order valence-electron chi connectivity index (χ1n) is 5.03. The van der Waals surface area contributed by atoms with Gasteiger partial charge in [0.2, 0.25) is 0 Å². The first kappa shape index (κ1) is 24.9. The molecular formula is C11H23O4Ti-. The summed E-state index contributed by atoms with van der Waals surface area (Å²) in [6, 6.07) is 0. The molecule has 0 amide bonds. The van der Waals surface area contributed by atoms with Crippen LogP contribution in [0.1, 0.15) is 40.5 Å². The average Bonchev–Trinajstić information content (AvgIpc) is 2.16. The van der Waals surface area contributed by atoms with Gasteiger partial charge < -0.3 is 19.8 Å². The van der Waals surface area contributed by atoms with E-state index in [4.69, 9.17) is 10.2 Å². The van der Waals surface area contributed by atoms with Crippen LogP contribution in [-0.2, 0) is 31.3 Å². The molecular weight excluding hydrogens is 244 g/mol. The van der Waals surface area contributed by atoms with Crippen LogP contribution >= 0.6 is 0 Å².